The molecule has 0 aliphatic heterocycles. The molecular weight excluding hydrogens is 601 g/mol. The van der Waals surface area contributed by atoms with E-state index in [0.29, 0.717) is 0 Å². The van der Waals surface area contributed by atoms with Crippen LogP contribution in [0.15, 0.2) is 194 Å². The molecule has 0 bridgehead atoms. The smallest absolute Gasteiger partial charge is 0.00264 e. The van der Waals surface area contributed by atoms with Crippen molar-refractivity contribution < 1.29 is 0 Å². The Kier molecular flexibility index (Phi) is 6.60. The number of hydrogen-bond acceptors (Lipinski definition) is 0. The molecule has 0 heteroatoms. The molecule has 0 nitrogen and oxygen atoms in total. The highest BCUT2D eigenvalue weighted by atomic mass is 14.2. The van der Waals surface area contributed by atoms with Crippen LogP contribution in [0.4, 0.5) is 0 Å². The minimum atomic E-state index is 1.23. The van der Waals surface area contributed by atoms with Gasteiger partial charge in [0.25, 0.3) is 0 Å². The average Bonchev–Trinajstić information content (AvgIpc) is 3.19. The average molecular weight is 633 g/mol. The maximum atomic E-state index is 2.34. The van der Waals surface area contributed by atoms with Crippen molar-refractivity contribution in [3.63, 3.8) is 0 Å². The van der Waals surface area contributed by atoms with Crippen molar-refractivity contribution in [2.75, 3.05) is 0 Å². The summed E-state index contributed by atoms with van der Waals surface area (Å²) >= 11 is 0. The zero-order valence-corrected chi connectivity index (χ0v) is 27.5. The topological polar surface area (TPSA) is 0 Å². The van der Waals surface area contributed by atoms with Gasteiger partial charge in [0.05, 0.1) is 0 Å². The predicted octanol–water partition coefficient (Wildman–Crippen LogP) is 14.1. The van der Waals surface area contributed by atoms with E-state index in [1.165, 1.54) is 98.4 Å². The molecule has 0 saturated carbocycles. The first-order valence-corrected chi connectivity index (χ1v) is 17.3. The number of hydrogen-bond donors (Lipinski definition) is 0. The van der Waals surface area contributed by atoms with Crippen LogP contribution in [0.1, 0.15) is 0 Å². The molecule has 0 aromatic heterocycles. The Morgan fingerprint density at radius 1 is 0.200 bits per heavy atom. The molecule has 10 rings (SSSR count). The quantitative estimate of drug-likeness (QED) is 0.134. The lowest BCUT2D eigenvalue weighted by atomic mass is 9.85. The second-order valence-corrected chi connectivity index (χ2v) is 13.2. The molecule has 0 aliphatic rings. The molecule has 10 aromatic rings. The third kappa shape index (κ3) is 4.61. The van der Waals surface area contributed by atoms with Gasteiger partial charge in [0.15, 0.2) is 0 Å². The molecule has 0 heterocycles. The van der Waals surface area contributed by atoms with Crippen LogP contribution in [0.2, 0.25) is 0 Å². The lowest BCUT2D eigenvalue weighted by Crippen LogP contribution is -1.91. The van der Waals surface area contributed by atoms with Gasteiger partial charge in [-0.05, 0) is 111 Å². The van der Waals surface area contributed by atoms with Crippen molar-refractivity contribution in [1.29, 1.82) is 0 Å². The van der Waals surface area contributed by atoms with E-state index in [2.05, 4.69) is 194 Å². The standard InChI is InChI=1S/C50H32/c1-2-12-38-31-39(30-23-33(38)11-1)34-21-26-36(27-22-34)49-44-17-7-9-19-46(44)50(47-20-10-8-18-45(47)49)37-28-24-35(25-29-37)48-32-40-13-3-4-14-41(40)42-15-5-6-16-43(42)48/h1-32H. The highest BCUT2D eigenvalue weighted by Crippen LogP contribution is 2.44. The summed E-state index contributed by atoms with van der Waals surface area (Å²) in [6, 6.07) is 71.3. The van der Waals surface area contributed by atoms with E-state index in [9.17, 15) is 0 Å². The maximum Gasteiger partial charge on any atom is -0.00264 e. The van der Waals surface area contributed by atoms with Gasteiger partial charge in [0, 0.05) is 0 Å². The van der Waals surface area contributed by atoms with Gasteiger partial charge in [-0.1, -0.05) is 182 Å². The molecule has 0 atom stereocenters. The molecule has 0 fully saturated rings. The summed E-state index contributed by atoms with van der Waals surface area (Å²) in [7, 11) is 0. The van der Waals surface area contributed by atoms with Gasteiger partial charge < -0.3 is 0 Å². The van der Waals surface area contributed by atoms with E-state index in [1.54, 1.807) is 0 Å². The minimum Gasteiger partial charge on any atom is -0.0616 e. The van der Waals surface area contributed by atoms with Crippen LogP contribution in [-0.4, -0.2) is 0 Å². The van der Waals surface area contributed by atoms with Crippen LogP contribution < -0.4 is 0 Å². The van der Waals surface area contributed by atoms with E-state index in [4.69, 9.17) is 0 Å². The lowest BCUT2D eigenvalue weighted by Gasteiger charge is -2.18. The molecular formula is C50H32. The number of rotatable bonds is 4. The Bertz CT molecular complexity index is 2840. The van der Waals surface area contributed by atoms with Gasteiger partial charge >= 0.3 is 0 Å². The molecule has 50 heavy (non-hydrogen) atoms. The summed E-state index contributed by atoms with van der Waals surface area (Å²) in [4.78, 5) is 0. The monoisotopic (exact) mass is 632 g/mol. The van der Waals surface area contributed by atoms with Crippen molar-refractivity contribution in [3.05, 3.63) is 194 Å². The van der Waals surface area contributed by atoms with Crippen LogP contribution in [0.5, 0.6) is 0 Å². The lowest BCUT2D eigenvalue weighted by molar-refractivity contribution is 1.62. The Balaban J connectivity index is 1.11. The van der Waals surface area contributed by atoms with E-state index in [1.807, 2.05) is 0 Å². The summed E-state index contributed by atoms with van der Waals surface area (Å²) in [6.07, 6.45) is 0. The fourth-order valence-corrected chi connectivity index (χ4v) is 8.06. The number of benzene rings is 10. The van der Waals surface area contributed by atoms with E-state index in [0.717, 1.165) is 0 Å². The zero-order chi connectivity index (χ0) is 33.0. The first kappa shape index (κ1) is 28.5. The predicted molar refractivity (Wildman–Crippen MR) is 216 cm³/mol. The van der Waals surface area contributed by atoms with Crippen LogP contribution >= 0.6 is 0 Å². The van der Waals surface area contributed by atoms with Crippen LogP contribution in [0.3, 0.4) is 0 Å². The highest BCUT2D eigenvalue weighted by Gasteiger charge is 2.17. The summed E-state index contributed by atoms with van der Waals surface area (Å²) in [5.74, 6) is 0. The summed E-state index contributed by atoms with van der Waals surface area (Å²) in [5.41, 5.74) is 9.98. The fraction of sp³-hybridized carbons (Fsp3) is 0. The fourth-order valence-electron chi connectivity index (χ4n) is 8.06. The van der Waals surface area contributed by atoms with E-state index < -0.39 is 0 Å². The third-order valence-electron chi connectivity index (χ3n) is 10.4. The Hall–Kier alpha value is -6.50. The summed E-state index contributed by atoms with van der Waals surface area (Å²) < 4.78 is 0. The normalized spacial score (nSPS) is 11.6. The van der Waals surface area contributed by atoms with Crippen molar-refractivity contribution >= 4 is 53.9 Å². The second-order valence-electron chi connectivity index (χ2n) is 13.2. The summed E-state index contributed by atoms with van der Waals surface area (Å²) in [5, 5.41) is 12.7. The van der Waals surface area contributed by atoms with Crippen LogP contribution in [0, 0.1) is 0 Å². The van der Waals surface area contributed by atoms with E-state index in [-0.39, 0.29) is 0 Å². The highest BCUT2D eigenvalue weighted by molar-refractivity contribution is 6.21. The molecule has 0 amide bonds. The van der Waals surface area contributed by atoms with Gasteiger partial charge in [0.1, 0.15) is 0 Å². The molecule has 0 N–H and O–H groups in total. The zero-order valence-electron chi connectivity index (χ0n) is 27.5. The van der Waals surface area contributed by atoms with Gasteiger partial charge in [-0.15, -0.1) is 0 Å². The SMILES string of the molecule is c1ccc2cc(-c3ccc(-c4c5ccccc5c(-c5ccc(-c6cc7ccccc7c7ccccc67)cc5)c5ccccc45)cc3)ccc2c1. The number of fused-ring (bicyclic) bond motifs is 6. The molecule has 0 radical (unpaired) electrons. The van der Waals surface area contributed by atoms with Crippen molar-refractivity contribution in [3.8, 4) is 44.5 Å². The first-order valence-electron chi connectivity index (χ1n) is 17.3. The first-order chi connectivity index (χ1) is 24.8. The molecule has 0 saturated heterocycles. The Morgan fingerprint density at radius 3 is 1.18 bits per heavy atom. The minimum absolute atomic E-state index is 1.23. The van der Waals surface area contributed by atoms with Gasteiger partial charge in [-0.2, -0.15) is 0 Å². The van der Waals surface area contributed by atoms with Crippen LogP contribution in [0.25, 0.3) is 98.4 Å². The second kappa shape index (κ2) is 11.6. The van der Waals surface area contributed by atoms with Crippen molar-refractivity contribution in [1.82, 2.24) is 0 Å². The maximum absolute atomic E-state index is 2.34. The molecule has 10 aromatic carbocycles. The largest absolute Gasteiger partial charge is 0.0616 e. The Labute approximate surface area is 291 Å². The Morgan fingerprint density at radius 2 is 0.600 bits per heavy atom. The molecule has 0 aliphatic carbocycles. The molecule has 0 unspecified atom stereocenters. The molecule has 0 spiro atoms. The van der Waals surface area contributed by atoms with E-state index >= 15 is 0 Å². The van der Waals surface area contributed by atoms with Gasteiger partial charge in [-0.3, -0.25) is 0 Å². The molecule has 232 valence electrons. The third-order valence-corrected chi connectivity index (χ3v) is 10.4. The van der Waals surface area contributed by atoms with Crippen molar-refractivity contribution in [2.24, 2.45) is 0 Å². The van der Waals surface area contributed by atoms with Crippen molar-refractivity contribution in [2.45, 2.75) is 0 Å². The van der Waals surface area contributed by atoms with Gasteiger partial charge in [-0.25, -0.2) is 0 Å². The summed E-state index contributed by atoms with van der Waals surface area (Å²) in [6.45, 7) is 0. The van der Waals surface area contributed by atoms with Crippen LogP contribution in [-0.2, 0) is 0 Å². The van der Waals surface area contributed by atoms with Gasteiger partial charge in [0.2, 0.25) is 0 Å².